The Hall–Kier alpha value is -1.37. The van der Waals surface area contributed by atoms with E-state index in [2.05, 4.69) is 27.3 Å². The molecule has 0 bridgehead atoms. The van der Waals surface area contributed by atoms with Gasteiger partial charge in [-0.1, -0.05) is 25.1 Å². The van der Waals surface area contributed by atoms with E-state index in [0.29, 0.717) is 29.9 Å². The highest BCUT2D eigenvalue weighted by atomic mass is 127. The predicted molar refractivity (Wildman–Crippen MR) is 130 cm³/mol. The van der Waals surface area contributed by atoms with Gasteiger partial charge in [0.05, 0.1) is 6.61 Å². The first kappa shape index (κ1) is 25.7. The number of aryl methyl sites for hydroxylation is 1. The number of nitrogens with zero attached hydrogens (tertiary/aromatic N) is 1. The largest absolute Gasteiger partial charge is 0.493 e. The number of halogens is 1. The summed E-state index contributed by atoms with van der Waals surface area (Å²) in [5.41, 5.74) is 2.19. The van der Waals surface area contributed by atoms with E-state index in [4.69, 9.17) is 4.74 Å². The normalized spacial score (nSPS) is 11.6. The summed E-state index contributed by atoms with van der Waals surface area (Å²) in [5.74, 6) is 1.46. The predicted octanol–water partition coefficient (Wildman–Crippen LogP) is 3.11. The molecule has 0 atom stereocenters. The highest BCUT2D eigenvalue weighted by molar-refractivity contribution is 14.0. The Morgan fingerprint density at radius 2 is 2.00 bits per heavy atom. The van der Waals surface area contributed by atoms with Crippen LogP contribution in [0.5, 0.6) is 5.75 Å². The third-order valence-electron chi connectivity index (χ3n) is 3.82. The zero-order chi connectivity index (χ0) is 20.4. The van der Waals surface area contributed by atoms with Gasteiger partial charge in [0.1, 0.15) is 9.96 Å². The Morgan fingerprint density at radius 1 is 1.21 bits per heavy atom. The van der Waals surface area contributed by atoms with E-state index in [9.17, 15) is 8.42 Å². The first-order valence-corrected chi connectivity index (χ1v) is 11.5. The fourth-order valence-corrected chi connectivity index (χ4v) is 4.48. The summed E-state index contributed by atoms with van der Waals surface area (Å²) in [4.78, 5) is 4.17. The molecule has 1 heterocycles. The van der Waals surface area contributed by atoms with Gasteiger partial charge in [-0.3, -0.25) is 4.99 Å². The van der Waals surface area contributed by atoms with Crippen molar-refractivity contribution < 1.29 is 13.2 Å². The van der Waals surface area contributed by atoms with E-state index in [0.717, 1.165) is 23.3 Å². The van der Waals surface area contributed by atoms with Crippen molar-refractivity contribution in [1.29, 1.82) is 0 Å². The lowest BCUT2D eigenvalue weighted by atomic mass is 10.1. The Bertz CT molecular complexity index is 872. The minimum absolute atomic E-state index is 0. The van der Waals surface area contributed by atoms with Gasteiger partial charge in [0.15, 0.2) is 5.96 Å². The van der Waals surface area contributed by atoms with Crippen molar-refractivity contribution >= 4 is 51.3 Å². The highest BCUT2D eigenvalue weighted by Crippen LogP contribution is 2.20. The molecule has 2 rings (SSSR count). The van der Waals surface area contributed by atoms with Gasteiger partial charge in [0.25, 0.3) is 0 Å². The molecule has 0 aliphatic heterocycles. The SMILES string of the molecule is CCCOc1cc(C)ccc1CNC(=NC)NCCNS(=O)(=O)c1cccs1.I. The van der Waals surface area contributed by atoms with Crippen LogP contribution in [-0.2, 0) is 16.6 Å². The van der Waals surface area contributed by atoms with Crippen LogP contribution in [0, 0.1) is 6.92 Å². The van der Waals surface area contributed by atoms with E-state index in [1.165, 1.54) is 11.3 Å². The van der Waals surface area contributed by atoms with Crippen LogP contribution in [0.15, 0.2) is 44.9 Å². The topological polar surface area (TPSA) is 91.8 Å². The zero-order valence-electron chi connectivity index (χ0n) is 16.9. The zero-order valence-corrected chi connectivity index (χ0v) is 20.9. The fourth-order valence-electron chi connectivity index (χ4n) is 2.41. The molecule has 0 saturated heterocycles. The molecule has 2 aromatic rings. The molecule has 0 unspecified atom stereocenters. The summed E-state index contributed by atoms with van der Waals surface area (Å²) >= 11 is 1.19. The van der Waals surface area contributed by atoms with Crippen LogP contribution < -0.4 is 20.1 Å². The Balaban J connectivity index is 0.00000420. The molecule has 1 aromatic carbocycles. The van der Waals surface area contributed by atoms with Crippen molar-refractivity contribution in [3.05, 3.63) is 46.8 Å². The summed E-state index contributed by atoms with van der Waals surface area (Å²) < 4.78 is 32.9. The standard InChI is InChI=1S/C19H28N4O3S2.HI/c1-4-11-26-17-13-15(2)7-8-16(17)14-22-19(20-3)21-9-10-23-28(24,25)18-6-5-12-27-18;/h5-8,12-13,23H,4,9-11,14H2,1-3H3,(H2,20,21,22);1H. The minimum atomic E-state index is -3.44. The molecule has 29 heavy (non-hydrogen) atoms. The molecule has 0 aliphatic rings. The number of aliphatic imine (C=N–C) groups is 1. The third-order valence-corrected chi connectivity index (χ3v) is 6.68. The van der Waals surface area contributed by atoms with Gasteiger partial charge < -0.3 is 15.4 Å². The first-order valence-electron chi connectivity index (χ1n) is 9.16. The molecule has 0 saturated carbocycles. The minimum Gasteiger partial charge on any atom is -0.493 e. The second-order valence-corrected chi connectivity index (χ2v) is 9.08. The van der Waals surface area contributed by atoms with Crippen molar-refractivity contribution in [3.63, 3.8) is 0 Å². The first-order chi connectivity index (χ1) is 13.5. The van der Waals surface area contributed by atoms with Crippen LogP contribution in [-0.4, -0.2) is 41.1 Å². The molecule has 0 aliphatic carbocycles. The average Bonchev–Trinajstić information content (AvgIpc) is 3.22. The van der Waals surface area contributed by atoms with Gasteiger partial charge in [-0.15, -0.1) is 35.3 Å². The molecule has 162 valence electrons. The molecule has 3 N–H and O–H groups in total. The lowest BCUT2D eigenvalue weighted by molar-refractivity contribution is 0.313. The van der Waals surface area contributed by atoms with Crippen molar-refractivity contribution in [2.24, 2.45) is 4.99 Å². The van der Waals surface area contributed by atoms with E-state index < -0.39 is 10.0 Å². The fraction of sp³-hybridized carbons (Fsp3) is 0.421. The molecular weight excluding hydrogens is 523 g/mol. The summed E-state index contributed by atoms with van der Waals surface area (Å²) in [7, 11) is -1.77. The number of hydrogen-bond donors (Lipinski definition) is 3. The molecule has 0 fully saturated rings. The number of thiophene rings is 1. The van der Waals surface area contributed by atoms with Crippen LogP contribution >= 0.6 is 35.3 Å². The Morgan fingerprint density at radius 3 is 2.66 bits per heavy atom. The lowest BCUT2D eigenvalue weighted by Crippen LogP contribution is -2.41. The number of rotatable bonds is 10. The lowest BCUT2D eigenvalue weighted by Gasteiger charge is -2.15. The van der Waals surface area contributed by atoms with E-state index in [1.807, 2.05) is 25.1 Å². The number of sulfonamides is 1. The molecule has 1 aromatic heterocycles. The Labute approximate surface area is 194 Å². The summed E-state index contributed by atoms with van der Waals surface area (Å²) in [5, 5.41) is 8.08. The van der Waals surface area contributed by atoms with Crippen molar-refractivity contribution in [1.82, 2.24) is 15.4 Å². The van der Waals surface area contributed by atoms with Crippen molar-refractivity contribution in [2.75, 3.05) is 26.7 Å². The van der Waals surface area contributed by atoms with Gasteiger partial charge in [0.2, 0.25) is 10.0 Å². The van der Waals surface area contributed by atoms with Gasteiger partial charge in [-0.05, 0) is 36.4 Å². The van der Waals surface area contributed by atoms with Crippen molar-refractivity contribution in [2.45, 2.75) is 31.0 Å². The van der Waals surface area contributed by atoms with Crippen molar-refractivity contribution in [3.8, 4) is 5.75 Å². The maximum atomic E-state index is 12.1. The van der Waals surface area contributed by atoms with Gasteiger partial charge in [0, 0.05) is 32.2 Å². The van der Waals surface area contributed by atoms with E-state index in [-0.39, 0.29) is 30.5 Å². The number of ether oxygens (including phenoxy) is 1. The molecule has 10 heteroatoms. The molecular formula is C19H29IN4O3S2. The number of hydrogen-bond acceptors (Lipinski definition) is 5. The maximum Gasteiger partial charge on any atom is 0.250 e. The van der Waals surface area contributed by atoms with Gasteiger partial charge in [-0.25, -0.2) is 13.1 Å². The van der Waals surface area contributed by atoms with Gasteiger partial charge in [-0.2, -0.15) is 0 Å². The van der Waals surface area contributed by atoms with Crippen LogP contribution in [0.4, 0.5) is 0 Å². The molecule has 0 amide bonds. The van der Waals surface area contributed by atoms with E-state index in [1.54, 1.807) is 24.6 Å². The molecule has 0 radical (unpaired) electrons. The van der Waals surface area contributed by atoms with Gasteiger partial charge >= 0.3 is 0 Å². The molecule has 7 nitrogen and oxygen atoms in total. The smallest absolute Gasteiger partial charge is 0.250 e. The number of benzene rings is 1. The third kappa shape index (κ3) is 8.49. The number of guanidine groups is 1. The Kier molecular flexibility index (Phi) is 11.5. The van der Waals surface area contributed by atoms with Crippen LogP contribution in [0.2, 0.25) is 0 Å². The summed E-state index contributed by atoms with van der Waals surface area (Å²) in [6.45, 7) is 6.02. The summed E-state index contributed by atoms with van der Waals surface area (Å²) in [6, 6.07) is 9.41. The number of nitrogens with one attached hydrogen (secondary N) is 3. The quantitative estimate of drug-likeness (QED) is 0.182. The van der Waals surface area contributed by atoms with Crippen LogP contribution in [0.1, 0.15) is 24.5 Å². The van der Waals surface area contributed by atoms with Crippen LogP contribution in [0.3, 0.4) is 0 Å². The second kappa shape index (κ2) is 13.0. The monoisotopic (exact) mass is 552 g/mol. The summed E-state index contributed by atoms with van der Waals surface area (Å²) in [6.07, 6.45) is 0.950. The van der Waals surface area contributed by atoms with E-state index >= 15 is 0 Å². The maximum absolute atomic E-state index is 12.1. The average molecular weight is 553 g/mol. The van der Waals surface area contributed by atoms with Crippen LogP contribution in [0.25, 0.3) is 0 Å². The molecule has 0 spiro atoms. The second-order valence-electron chi connectivity index (χ2n) is 6.14. The highest BCUT2D eigenvalue weighted by Gasteiger charge is 2.14.